The third-order valence-corrected chi connectivity index (χ3v) is 2.79. The minimum atomic E-state index is -4.24. The van der Waals surface area contributed by atoms with Crippen LogP contribution in [0, 0.1) is 10.1 Å². The Bertz CT molecular complexity index is 468. The second kappa shape index (κ2) is 8.26. The van der Waals surface area contributed by atoms with E-state index in [0.29, 0.717) is 0 Å². The number of phosphoric ester groups is 1. The Labute approximate surface area is 137 Å². The molecule has 1 aromatic carbocycles. The van der Waals surface area contributed by atoms with Crippen molar-refractivity contribution in [2.45, 2.75) is 12.2 Å². The molecule has 1 aromatic rings. The smallest absolute Gasteiger partial charge is 0.787 e. The Morgan fingerprint density at radius 1 is 1.47 bits per heavy atom. The van der Waals surface area contributed by atoms with E-state index in [4.69, 9.17) is 17.2 Å². The second-order valence-corrected chi connectivity index (χ2v) is 5.60. The maximum absolute atomic E-state index is 11.4. The van der Waals surface area contributed by atoms with Crippen LogP contribution in [0.15, 0.2) is 24.3 Å². The molecule has 0 aromatic heterocycles. The first-order valence-electron chi connectivity index (χ1n) is 4.87. The molecule has 2 unspecified atom stereocenters. The van der Waals surface area contributed by atoms with Crippen LogP contribution < -0.4 is 34.1 Å². The molecule has 0 heterocycles. The first-order valence-corrected chi connectivity index (χ1v) is 6.84. The zero-order valence-electron chi connectivity index (χ0n) is 10.4. The van der Waals surface area contributed by atoms with E-state index in [0.717, 1.165) is 12.1 Å². The average Bonchev–Trinajstić information content (AvgIpc) is 2.27. The topological polar surface area (TPSA) is 98.9 Å². The van der Waals surface area contributed by atoms with Crippen molar-refractivity contribution in [1.29, 1.82) is 0 Å². The van der Waals surface area contributed by atoms with Crippen molar-refractivity contribution in [3.05, 3.63) is 34.4 Å². The summed E-state index contributed by atoms with van der Waals surface area (Å²) in [7, 11) is -4.24. The molecule has 0 aliphatic rings. The molecule has 1 N–H and O–H groups in total. The third kappa shape index (κ3) is 7.31. The predicted molar refractivity (Wildman–Crippen MR) is 66.3 cm³/mol. The maximum atomic E-state index is 11.4. The monoisotopic (exact) mass is 315 g/mol. The number of nitro groups is 1. The molecule has 1 rings (SSSR count). The first-order chi connectivity index (χ1) is 8.30. The van der Waals surface area contributed by atoms with Gasteiger partial charge in [0.15, 0.2) is 0 Å². The Morgan fingerprint density at radius 2 is 2.00 bits per heavy atom. The zero-order chi connectivity index (χ0) is 13.8. The van der Waals surface area contributed by atoms with Gasteiger partial charge in [0.2, 0.25) is 0 Å². The SMILES string of the molecule is CC([S-])COP(=O)(O)Oc1ccc([N+](=O)[O-])cc1.[Na+]. The van der Waals surface area contributed by atoms with Crippen molar-refractivity contribution in [3.8, 4) is 5.75 Å². The van der Waals surface area contributed by atoms with Crippen LogP contribution in [0.1, 0.15) is 6.92 Å². The molecule has 2 atom stereocenters. The van der Waals surface area contributed by atoms with Crippen LogP contribution in [0.5, 0.6) is 5.75 Å². The van der Waals surface area contributed by atoms with Crippen LogP contribution in [0.3, 0.4) is 0 Å². The van der Waals surface area contributed by atoms with Crippen LogP contribution in [0.2, 0.25) is 0 Å². The minimum absolute atomic E-state index is 0. The van der Waals surface area contributed by atoms with Gasteiger partial charge in [0.1, 0.15) is 5.75 Å². The Balaban J connectivity index is 0.00000324. The number of nitrogens with zero attached hydrogens (tertiary/aromatic N) is 1. The predicted octanol–water partition coefficient (Wildman–Crippen LogP) is -0.970. The standard InChI is InChI=1S/C9H12NO6PS.Na/c1-7(18)6-15-17(13,14)16-9-4-2-8(3-5-9)10(11)12;/h2-5,7,18H,6H2,1H3,(H,13,14);/q;+1/p-1. The summed E-state index contributed by atoms with van der Waals surface area (Å²) in [5.74, 6) is 0.00320. The van der Waals surface area contributed by atoms with Gasteiger partial charge >= 0.3 is 37.4 Å². The normalized spacial score (nSPS) is 14.9. The number of benzene rings is 1. The summed E-state index contributed by atoms with van der Waals surface area (Å²) < 4.78 is 20.8. The molecule has 0 aliphatic carbocycles. The van der Waals surface area contributed by atoms with E-state index in [9.17, 15) is 19.6 Å². The molecule has 0 aliphatic heterocycles. The van der Waals surface area contributed by atoms with Crippen LogP contribution in [0.25, 0.3) is 0 Å². The van der Waals surface area contributed by atoms with Crippen molar-refractivity contribution in [2.24, 2.45) is 0 Å². The Hall–Kier alpha value is -0.0800. The molecule has 0 spiro atoms. The van der Waals surface area contributed by atoms with E-state index in [-0.39, 0.29) is 52.9 Å². The van der Waals surface area contributed by atoms with Gasteiger partial charge in [-0.05, 0) is 12.1 Å². The van der Waals surface area contributed by atoms with Crippen molar-refractivity contribution >= 4 is 26.1 Å². The van der Waals surface area contributed by atoms with E-state index >= 15 is 0 Å². The van der Waals surface area contributed by atoms with Gasteiger partial charge in [-0.25, -0.2) is 4.57 Å². The molecule has 0 amide bonds. The van der Waals surface area contributed by atoms with Crippen LogP contribution in [-0.4, -0.2) is 21.7 Å². The zero-order valence-corrected chi connectivity index (χ0v) is 14.1. The van der Waals surface area contributed by atoms with Crippen molar-refractivity contribution in [3.63, 3.8) is 0 Å². The second-order valence-electron chi connectivity index (χ2n) is 3.42. The van der Waals surface area contributed by atoms with Gasteiger partial charge in [-0.3, -0.25) is 19.5 Å². The summed E-state index contributed by atoms with van der Waals surface area (Å²) >= 11 is 4.77. The van der Waals surface area contributed by atoms with E-state index < -0.39 is 12.7 Å². The van der Waals surface area contributed by atoms with Gasteiger partial charge in [0.05, 0.1) is 4.92 Å². The molecule has 10 heteroatoms. The average molecular weight is 315 g/mol. The van der Waals surface area contributed by atoms with Crippen LogP contribution >= 0.6 is 7.82 Å². The molecule has 0 saturated carbocycles. The number of non-ortho nitro benzene ring substituents is 1. The molecule has 100 valence electrons. The molecule has 19 heavy (non-hydrogen) atoms. The quantitative estimate of drug-likeness (QED) is 0.237. The summed E-state index contributed by atoms with van der Waals surface area (Å²) in [4.78, 5) is 19.1. The van der Waals surface area contributed by atoms with Crippen LogP contribution in [0.4, 0.5) is 5.69 Å². The van der Waals surface area contributed by atoms with Crippen molar-refractivity contribution in [2.75, 3.05) is 6.61 Å². The number of hydrogen-bond acceptors (Lipinski definition) is 6. The Kier molecular flexibility index (Phi) is 8.23. The number of hydrogen-bond donors (Lipinski definition) is 1. The minimum Gasteiger partial charge on any atom is -0.787 e. The number of nitro benzene ring substituents is 1. The molecule has 7 nitrogen and oxygen atoms in total. The molecular weight excluding hydrogens is 304 g/mol. The summed E-state index contributed by atoms with van der Waals surface area (Å²) in [5, 5.41) is 10.1. The molecular formula is C9H11NNaO6PS. The van der Waals surface area contributed by atoms with Gasteiger partial charge in [-0.1, -0.05) is 6.92 Å². The van der Waals surface area contributed by atoms with E-state index in [1.807, 2.05) is 0 Å². The van der Waals surface area contributed by atoms with E-state index in [2.05, 4.69) is 4.52 Å². The largest absolute Gasteiger partial charge is 1.00 e. The summed E-state index contributed by atoms with van der Waals surface area (Å²) in [6.07, 6.45) is 0. The van der Waals surface area contributed by atoms with Gasteiger partial charge in [-0.15, -0.1) is 5.25 Å². The fraction of sp³-hybridized carbons (Fsp3) is 0.333. The third-order valence-electron chi connectivity index (χ3n) is 1.74. The number of rotatable bonds is 6. The fourth-order valence-corrected chi connectivity index (χ4v) is 2.01. The molecule has 0 fully saturated rings. The Morgan fingerprint density at radius 3 is 2.42 bits per heavy atom. The van der Waals surface area contributed by atoms with Gasteiger partial charge < -0.3 is 17.2 Å². The van der Waals surface area contributed by atoms with Crippen molar-refractivity contribution < 1.29 is 53.0 Å². The van der Waals surface area contributed by atoms with E-state index in [1.165, 1.54) is 12.1 Å². The maximum Gasteiger partial charge on any atom is 1.00 e. The first kappa shape index (κ1) is 18.9. The van der Waals surface area contributed by atoms with Crippen LogP contribution in [-0.2, 0) is 21.7 Å². The summed E-state index contributed by atoms with van der Waals surface area (Å²) in [6.45, 7) is 1.54. The van der Waals surface area contributed by atoms with Gasteiger partial charge in [-0.2, -0.15) is 0 Å². The van der Waals surface area contributed by atoms with Crippen molar-refractivity contribution in [1.82, 2.24) is 0 Å². The molecule has 0 radical (unpaired) electrons. The van der Waals surface area contributed by atoms with Gasteiger partial charge in [0, 0.05) is 18.7 Å². The summed E-state index contributed by atoms with van der Waals surface area (Å²) in [5.41, 5.74) is -0.143. The number of phosphoric acid groups is 1. The molecule has 0 bridgehead atoms. The molecule has 0 saturated heterocycles. The van der Waals surface area contributed by atoms with E-state index in [1.54, 1.807) is 6.92 Å². The summed E-state index contributed by atoms with van der Waals surface area (Å²) in [6, 6.07) is 4.74. The van der Waals surface area contributed by atoms with Gasteiger partial charge in [0.25, 0.3) is 5.69 Å². The fourth-order valence-electron chi connectivity index (χ4n) is 0.987.